The molecule has 0 bridgehead atoms. The van der Waals surface area contributed by atoms with Crippen molar-refractivity contribution in [2.75, 3.05) is 5.32 Å². The van der Waals surface area contributed by atoms with E-state index < -0.39 is 0 Å². The lowest BCUT2D eigenvalue weighted by Gasteiger charge is -2.10. The van der Waals surface area contributed by atoms with Crippen LogP contribution in [0.15, 0.2) is 70.5 Å². The third kappa shape index (κ3) is 4.36. The van der Waals surface area contributed by atoms with E-state index in [4.69, 9.17) is 0 Å². The topological polar surface area (TPSA) is 29.1 Å². The van der Waals surface area contributed by atoms with Crippen molar-refractivity contribution in [3.05, 3.63) is 88.5 Å². The monoisotopic (exact) mass is 361 g/mol. The Kier molecular flexibility index (Phi) is 5.48. The fourth-order valence-electron chi connectivity index (χ4n) is 2.73. The number of rotatable bonds is 4. The maximum absolute atomic E-state index is 12.5. The lowest BCUT2D eigenvalue weighted by molar-refractivity contribution is 0.102. The maximum atomic E-state index is 12.5. The minimum Gasteiger partial charge on any atom is -0.322 e. The summed E-state index contributed by atoms with van der Waals surface area (Å²) < 4.78 is 0. The molecule has 0 spiro atoms. The molecule has 0 aliphatic carbocycles. The van der Waals surface area contributed by atoms with E-state index in [0.717, 1.165) is 27.3 Å². The Morgan fingerprint density at radius 2 is 1.38 bits per heavy atom. The van der Waals surface area contributed by atoms with Gasteiger partial charge in [0.05, 0.1) is 0 Å². The molecule has 0 unspecified atom stereocenters. The third-order valence-corrected chi connectivity index (χ3v) is 5.49. The molecule has 2 nitrogen and oxygen atoms in total. The lowest BCUT2D eigenvalue weighted by Crippen LogP contribution is -2.13. The molecular weight excluding hydrogens is 338 g/mol. The normalized spacial score (nSPS) is 10.6. The molecule has 132 valence electrons. The van der Waals surface area contributed by atoms with Crippen LogP contribution >= 0.6 is 11.8 Å². The van der Waals surface area contributed by atoms with Gasteiger partial charge in [0, 0.05) is 21.0 Å². The molecule has 0 aromatic heterocycles. The summed E-state index contributed by atoms with van der Waals surface area (Å²) in [7, 11) is 0. The van der Waals surface area contributed by atoms with Crippen LogP contribution in [-0.2, 0) is 0 Å². The molecule has 1 amide bonds. The summed E-state index contributed by atoms with van der Waals surface area (Å²) in [6.07, 6.45) is 0. The summed E-state index contributed by atoms with van der Waals surface area (Å²) in [5.74, 6) is -0.0684. The van der Waals surface area contributed by atoms with E-state index in [1.54, 1.807) is 11.8 Å². The maximum Gasteiger partial charge on any atom is 0.255 e. The first kappa shape index (κ1) is 18.3. The molecule has 0 heterocycles. The zero-order valence-corrected chi connectivity index (χ0v) is 16.4. The number of carbonyl (C=O) groups excluding carboxylic acids is 1. The summed E-state index contributed by atoms with van der Waals surface area (Å²) in [5.41, 5.74) is 6.12. The predicted molar refractivity (Wildman–Crippen MR) is 110 cm³/mol. The van der Waals surface area contributed by atoms with E-state index in [9.17, 15) is 4.79 Å². The van der Waals surface area contributed by atoms with Gasteiger partial charge in [0.2, 0.25) is 0 Å². The molecule has 0 aliphatic rings. The van der Waals surface area contributed by atoms with Crippen LogP contribution in [0.2, 0.25) is 0 Å². The molecule has 0 atom stereocenters. The van der Waals surface area contributed by atoms with Crippen LogP contribution in [0.3, 0.4) is 0 Å². The Morgan fingerprint density at radius 3 is 2.08 bits per heavy atom. The Labute approximate surface area is 159 Å². The molecule has 1 N–H and O–H groups in total. The summed E-state index contributed by atoms with van der Waals surface area (Å²) in [6.45, 7) is 8.18. The smallest absolute Gasteiger partial charge is 0.255 e. The number of hydrogen-bond donors (Lipinski definition) is 1. The van der Waals surface area contributed by atoms with Gasteiger partial charge in [0.1, 0.15) is 0 Å². The quantitative estimate of drug-likeness (QED) is 0.589. The number of carbonyl (C=O) groups is 1. The molecular formula is C23H23NOS. The van der Waals surface area contributed by atoms with Gasteiger partial charge in [0.15, 0.2) is 0 Å². The van der Waals surface area contributed by atoms with Gasteiger partial charge >= 0.3 is 0 Å². The fourth-order valence-corrected chi connectivity index (χ4v) is 3.73. The third-order valence-electron chi connectivity index (χ3n) is 4.32. The molecule has 0 aliphatic heterocycles. The SMILES string of the molecule is Cc1ccc(C)c(Sc2ccc(NC(=O)c3cc(C)ccc3C)cc2)c1. The van der Waals surface area contributed by atoms with Gasteiger partial charge in [-0.25, -0.2) is 0 Å². The second-order valence-electron chi connectivity index (χ2n) is 6.67. The van der Waals surface area contributed by atoms with Gasteiger partial charge in [-0.15, -0.1) is 0 Å². The highest BCUT2D eigenvalue weighted by Crippen LogP contribution is 2.31. The van der Waals surface area contributed by atoms with Crippen LogP contribution in [0.25, 0.3) is 0 Å². The minimum absolute atomic E-state index is 0.0684. The van der Waals surface area contributed by atoms with Crippen LogP contribution in [0.1, 0.15) is 32.6 Å². The van der Waals surface area contributed by atoms with E-state index >= 15 is 0 Å². The molecule has 0 fully saturated rings. The number of benzene rings is 3. The highest BCUT2D eigenvalue weighted by Gasteiger charge is 2.10. The average Bonchev–Trinajstić information content (AvgIpc) is 2.62. The summed E-state index contributed by atoms with van der Waals surface area (Å²) in [4.78, 5) is 14.9. The molecule has 0 saturated heterocycles. The minimum atomic E-state index is -0.0684. The van der Waals surface area contributed by atoms with Crippen molar-refractivity contribution in [3.8, 4) is 0 Å². The van der Waals surface area contributed by atoms with Crippen LogP contribution in [0.5, 0.6) is 0 Å². The van der Waals surface area contributed by atoms with Crippen molar-refractivity contribution in [1.29, 1.82) is 0 Å². The Bertz CT molecular complexity index is 945. The summed E-state index contributed by atoms with van der Waals surface area (Å²) in [6, 6.07) is 20.4. The zero-order chi connectivity index (χ0) is 18.7. The number of amides is 1. The van der Waals surface area contributed by atoms with E-state index in [1.807, 2.05) is 56.3 Å². The Hall–Kier alpha value is -2.52. The van der Waals surface area contributed by atoms with Crippen molar-refractivity contribution < 1.29 is 4.79 Å². The first-order valence-electron chi connectivity index (χ1n) is 8.66. The van der Waals surface area contributed by atoms with E-state index in [2.05, 4.69) is 37.4 Å². The molecule has 0 saturated carbocycles. The van der Waals surface area contributed by atoms with Gasteiger partial charge in [-0.2, -0.15) is 0 Å². The fraction of sp³-hybridized carbons (Fsp3) is 0.174. The molecule has 0 radical (unpaired) electrons. The Balaban J connectivity index is 1.72. The number of nitrogens with one attached hydrogen (secondary N) is 1. The van der Waals surface area contributed by atoms with E-state index in [1.165, 1.54) is 16.0 Å². The van der Waals surface area contributed by atoms with Crippen molar-refractivity contribution in [1.82, 2.24) is 0 Å². The highest BCUT2D eigenvalue weighted by atomic mass is 32.2. The number of anilines is 1. The van der Waals surface area contributed by atoms with Gasteiger partial charge in [-0.1, -0.05) is 41.6 Å². The molecule has 3 aromatic rings. The van der Waals surface area contributed by atoms with Crippen molar-refractivity contribution in [3.63, 3.8) is 0 Å². The average molecular weight is 362 g/mol. The highest BCUT2D eigenvalue weighted by molar-refractivity contribution is 7.99. The van der Waals surface area contributed by atoms with Crippen molar-refractivity contribution in [2.45, 2.75) is 37.5 Å². The van der Waals surface area contributed by atoms with Gasteiger partial charge in [-0.3, -0.25) is 4.79 Å². The largest absolute Gasteiger partial charge is 0.322 e. The molecule has 26 heavy (non-hydrogen) atoms. The van der Waals surface area contributed by atoms with Crippen LogP contribution in [0.4, 0.5) is 5.69 Å². The second-order valence-corrected chi connectivity index (χ2v) is 7.78. The standard InChI is InChI=1S/C23H23NOS/c1-15-5-7-17(3)21(13-15)23(25)24-19-9-11-20(12-10-19)26-22-14-16(2)6-8-18(22)4/h5-14H,1-4H3,(H,24,25). The van der Waals surface area contributed by atoms with E-state index in [-0.39, 0.29) is 5.91 Å². The molecule has 3 rings (SSSR count). The predicted octanol–water partition coefficient (Wildman–Crippen LogP) is 6.32. The molecule has 3 aromatic carbocycles. The van der Waals surface area contributed by atoms with Gasteiger partial charge in [-0.05, 0) is 80.8 Å². The van der Waals surface area contributed by atoms with E-state index in [0.29, 0.717) is 0 Å². The first-order chi connectivity index (χ1) is 12.4. The summed E-state index contributed by atoms with van der Waals surface area (Å²) in [5, 5.41) is 2.99. The number of hydrogen-bond acceptors (Lipinski definition) is 2. The first-order valence-corrected chi connectivity index (χ1v) is 9.48. The van der Waals surface area contributed by atoms with Gasteiger partial charge < -0.3 is 5.32 Å². The van der Waals surface area contributed by atoms with Gasteiger partial charge in [0.25, 0.3) is 5.91 Å². The van der Waals surface area contributed by atoms with Crippen LogP contribution < -0.4 is 5.32 Å². The lowest BCUT2D eigenvalue weighted by atomic mass is 10.1. The second kappa shape index (κ2) is 7.79. The van der Waals surface area contributed by atoms with Crippen molar-refractivity contribution >= 4 is 23.4 Å². The number of aryl methyl sites for hydroxylation is 4. The van der Waals surface area contributed by atoms with Crippen LogP contribution in [-0.4, -0.2) is 5.91 Å². The Morgan fingerprint density at radius 1 is 0.769 bits per heavy atom. The van der Waals surface area contributed by atoms with Crippen molar-refractivity contribution in [2.24, 2.45) is 0 Å². The zero-order valence-electron chi connectivity index (χ0n) is 15.6. The summed E-state index contributed by atoms with van der Waals surface area (Å²) >= 11 is 1.74. The van der Waals surface area contributed by atoms with Crippen LogP contribution in [0, 0.1) is 27.7 Å². The molecule has 3 heteroatoms.